The van der Waals surface area contributed by atoms with Gasteiger partial charge in [0, 0.05) is 28.7 Å². The summed E-state index contributed by atoms with van der Waals surface area (Å²) >= 11 is 6.15. The molecule has 3 N–H and O–H groups in total. The lowest BCUT2D eigenvalue weighted by atomic mass is 10.2. The van der Waals surface area contributed by atoms with Gasteiger partial charge in [-0.05, 0) is 29.8 Å². The van der Waals surface area contributed by atoms with E-state index in [4.69, 9.17) is 17.3 Å². The lowest BCUT2D eigenvalue weighted by Crippen LogP contribution is -1.96. The maximum absolute atomic E-state index is 6.15. The number of nitrogens with two attached hydrogens (primary N) is 1. The molecule has 0 spiro atoms. The van der Waals surface area contributed by atoms with Crippen LogP contribution in [0.1, 0.15) is 5.56 Å². The first-order chi connectivity index (χ1) is 8.78. The van der Waals surface area contributed by atoms with Crippen LogP contribution in [0, 0.1) is 0 Å². The number of fused-ring (bicyclic) bond motifs is 1. The van der Waals surface area contributed by atoms with Crippen molar-refractivity contribution in [3.8, 4) is 11.4 Å². The Morgan fingerprint density at radius 3 is 2.78 bits per heavy atom. The monoisotopic (exact) mass is 257 g/mol. The van der Waals surface area contributed by atoms with Gasteiger partial charge >= 0.3 is 0 Å². The number of nitrogens with one attached hydrogen (secondary N) is 1. The minimum atomic E-state index is 0.506. The van der Waals surface area contributed by atoms with Crippen molar-refractivity contribution in [3.63, 3.8) is 0 Å². The number of nitrogens with zero attached hydrogens (tertiary/aromatic N) is 1. The molecule has 0 atom stereocenters. The molecule has 0 amide bonds. The summed E-state index contributed by atoms with van der Waals surface area (Å²) in [6.45, 7) is 0.506. The molecule has 0 bridgehead atoms. The summed E-state index contributed by atoms with van der Waals surface area (Å²) in [5.41, 5.74) is 9.44. The van der Waals surface area contributed by atoms with E-state index in [2.05, 4.69) is 9.97 Å². The number of hydrogen-bond acceptors (Lipinski definition) is 2. The highest BCUT2D eigenvalue weighted by molar-refractivity contribution is 6.35. The van der Waals surface area contributed by atoms with Gasteiger partial charge in [-0.3, -0.25) is 4.98 Å². The smallest absolute Gasteiger partial charge is 0.0864 e. The maximum atomic E-state index is 6.15. The molecule has 0 aliphatic rings. The first kappa shape index (κ1) is 11.3. The highest BCUT2D eigenvalue weighted by Crippen LogP contribution is 2.28. The van der Waals surface area contributed by atoms with Crippen LogP contribution in [0.3, 0.4) is 0 Å². The van der Waals surface area contributed by atoms with E-state index >= 15 is 0 Å². The number of hydrogen-bond donors (Lipinski definition) is 2. The fourth-order valence-electron chi connectivity index (χ4n) is 1.96. The summed E-state index contributed by atoms with van der Waals surface area (Å²) < 4.78 is 0. The third kappa shape index (κ3) is 1.88. The minimum Gasteiger partial charge on any atom is -0.353 e. The van der Waals surface area contributed by atoms with E-state index in [-0.39, 0.29) is 0 Å². The molecular formula is C14H12ClN3. The summed E-state index contributed by atoms with van der Waals surface area (Å²) in [5, 5.41) is 1.76. The summed E-state index contributed by atoms with van der Waals surface area (Å²) in [6.07, 6.45) is 1.79. The Bertz CT molecular complexity index is 686. The first-order valence-electron chi connectivity index (χ1n) is 5.70. The van der Waals surface area contributed by atoms with Crippen LogP contribution >= 0.6 is 11.6 Å². The van der Waals surface area contributed by atoms with Crippen LogP contribution in [-0.4, -0.2) is 9.97 Å². The van der Waals surface area contributed by atoms with Crippen molar-refractivity contribution in [1.29, 1.82) is 0 Å². The molecule has 18 heavy (non-hydrogen) atoms. The van der Waals surface area contributed by atoms with Crippen molar-refractivity contribution in [3.05, 3.63) is 53.2 Å². The number of H-pyrrole nitrogens is 1. The first-order valence-corrected chi connectivity index (χ1v) is 6.08. The highest BCUT2D eigenvalue weighted by Gasteiger charge is 2.06. The zero-order valence-electron chi connectivity index (χ0n) is 9.65. The average molecular weight is 258 g/mol. The van der Waals surface area contributed by atoms with Gasteiger partial charge in [-0.15, -0.1) is 0 Å². The normalized spacial score (nSPS) is 11.0. The molecule has 0 unspecified atom stereocenters. The molecule has 2 heterocycles. The molecule has 1 aromatic carbocycles. The number of pyridine rings is 1. The lowest BCUT2D eigenvalue weighted by molar-refractivity contribution is 1.05. The standard InChI is InChI=1S/C14H12ClN3/c15-11-2-1-3-12-10(11)6-14(18-12)13-5-4-9(7-16)8-17-13/h1-6,8,18H,7,16H2. The van der Waals surface area contributed by atoms with Crippen LogP contribution in [-0.2, 0) is 6.54 Å². The number of aromatic nitrogens is 2. The fraction of sp³-hybridized carbons (Fsp3) is 0.0714. The van der Waals surface area contributed by atoms with E-state index < -0.39 is 0 Å². The van der Waals surface area contributed by atoms with Crippen LogP contribution in [0.4, 0.5) is 0 Å². The molecular weight excluding hydrogens is 246 g/mol. The summed E-state index contributed by atoms with van der Waals surface area (Å²) in [6, 6.07) is 11.8. The fourth-order valence-corrected chi connectivity index (χ4v) is 2.19. The van der Waals surface area contributed by atoms with Gasteiger partial charge in [0.25, 0.3) is 0 Å². The molecule has 3 aromatic rings. The Hall–Kier alpha value is -1.84. The molecule has 0 aliphatic carbocycles. The average Bonchev–Trinajstić information content (AvgIpc) is 2.84. The molecule has 0 fully saturated rings. The topological polar surface area (TPSA) is 54.7 Å². The summed E-state index contributed by atoms with van der Waals surface area (Å²) in [7, 11) is 0. The predicted molar refractivity (Wildman–Crippen MR) is 74.4 cm³/mol. The molecule has 0 aliphatic heterocycles. The zero-order chi connectivity index (χ0) is 12.5. The van der Waals surface area contributed by atoms with Gasteiger partial charge in [-0.1, -0.05) is 23.7 Å². The third-order valence-electron chi connectivity index (χ3n) is 2.95. The quantitative estimate of drug-likeness (QED) is 0.740. The van der Waals surface area contributed by atoms with Crippen molar-refractivity contribution in [1.82, 2.24) is 9.97 Å². The Kier molecular flexibility index (Phi) is 2.78. The second kappa shape index (κ2) is 4.44. The van der Waals surface area contributed by atoms with Crippen LogP contribution in [0.15, 0.2) is 42.6 Å². The van der Waals surface area contributed by atoms with Crippen LogP contribution in [0.25, 0.3) is 22.3 Å². The second-order valence-corrected chi connectivity index (χ2v) is 4.55. The van der Waals surface area contributed by atoms with Crippen molar-refractivity contribution in [2.75, 3.05) is 0 Å². The van der Waals surface area contributed by atoms with E-state index in [1.807, 2.05) is 36.4 Å². The zero-order valence-corrected chi connectivity index (χ0v) is 10.4. The third-order valence-corrected chi connectivity index (χ3v) is 3.28. The van der Waals surface area contributed by atoms with E-state index in [1.165, 1.54) is 0 Å². The Balaban J connectivity index is 2.10. The van der Waals surface area contributed by atoms with Gasteiger partial charge in [0.15, 0.2) is 0 Å². The Morgan fingerprint density at radius 1 is 1.22 bits per heavy atom. The van der Waals surface area contributed by atoms with Gasteiger partial charge in [-0.2, -0.15) is 0 Å². The molecule has 90 valence electrons. The van der Waals surface area contributed by atoms with Crippen molar-refractivity contribution < 1.29 is 0 Å². The molecule has 0 saturated carbocycles. The SMILES string of the molecule is NCc1ccc(-c2cc3c(Cl)cccc3[nH]2)nc1. The van der Waals surface area contributed by atoms with E-state index in [9.17, 15) is 0 Å². The van der Waals surface area contributed by atoms with Crippen LogP contribution < -0.4 is 5.73 Å². The van der Waals surface area contributed by atoms with Crippen molar-refractivity contribution >= 4 is 22.5 Å². The van der Waals surface area contributed by atoms with Crippen LogP contribution in [0.2, 0.25) is 5.02 Å². The number of aromatic amines is 1. The largest absolute Gasteiger partial charge is 0.353 e. The van der Waals surface area contributed by atoms with Gasteiger partial charge in [0.05, 0.1) is 11.4 Å². The lowest BCUT2D eigenvalue weighted by Gasteiger charge is -1.98. The molecule has 3 rings (SSSR count). The number of rotatable bonds is 2. The minimum absolute atomic E-state index is 0.506. The second-order valence-electron chi connectivity index (χ2n) is 4.14. The molecule has 4 heteroatoms. The van der Waals surface area contributed by atoms with Crippen molar-refractivity contribution in [2.45, 2.75) is 6.54 Å². The summed E-state index contributed by atoms with van der Waals surface area (Å²) in [5.74, 6) is 0. The molecule has 0 saturated heterocycles. The van der Waals surface area contributed by atoms with E-state index in [0.717, 1.165) is 32.9 Å². The maximum Gasteiger partial charge on any atom is 0.0864 e. The van der Waals surface area contributed by atoms with Crippen molar-refractivity contribution in [2.24, 2.45) is 5.73 Å². The van der Waals surface area contributed by atoms with E-state index in [0.29, 0.717) is 6.54 Å². The Labute approximate surface area is 110 Å². The van der Waals surface area contributed by atoms with Gasteiger partial charge in [0.2, 0.25) is 0 Å². The predicted octanol–water partition coefficient (Wildman–Crippen LogP) is 3.34. The van der Waals surface area contributed by atoms with Crippen LogP contribution in [0.5, 0.6) is 0 Å². The number of benzene rings is 1. The Morgan fingerprint density at radius 2 is 2.11 bits per heavy atom. The van der Waals surface area contributed by atoms with Gasteiger partial charge < -0.3 is 10.7 Å². The van der Waals surface area contributed by atoms with Gasteiger partial charge in [-0.25, -0.2) is 0 Å². The molecule has 3 nitrogen and oxygen atoms in total. The molecule has 0 radical (unpaired) electrons. The number of halogens is 1. The molecule has 2 aromatic heterocycles. The van der Waals surface area contributed by atoms with Gasteiger partial charge in [0.1, 0.15) is 0 Å². The highest BCUT2D eigenvalue weighted by atomic mass is 35.5. The summed E-state index contributed by atoms with van der Waals surface area (Å²) in [4.78, 5) is 7.70. The van der Waals surface area contributed by atoms with E-state index in [1.54, 1.807) is 6.20 Å².